The second kappa shape index (κ2) is 6.48. The van der Waals surface area contributed by atoms with Gasteiger partial charge in [-0.15, -0.1) is 0 Å². The lowest BCUT2D eigenvalue weighted by Crippen LogP contribution is -2.34. The van der Waals surface area contributed by atoms with Gasteiger partial charge >= 0.3 is 0 Å². The molecule has 3 rings (SSSR count). The topological polar surface area (TPSA) is 20.3 Å². The number of fused-ring (bicyclic) bond motifs is 1. The van der Waals surface area contributed by atoms with Gasteiger partial charge in [0.1, 0.15) is 0 Å². The van der Waals surface area contributed by atoms with Crippen molar-refractivity contribution in [2.75, 3.05) is 13.1 Å². The lowest BCUT2D eigenvalue weighted by atomic mass is 9.92. The Bertz CT molecular complexity index is 597. The third-order valence-corrected chi connectivity index (χ3v) is 4.74. The molecule has 1 fully saturated rings. The number of benzene rings is 1. The first-order valence-electron chi connectivity index (χ1n) is 7.69. The molecule has 1 heterocycles. The van der Waals surface area contributed by atoms with E-state index in [1.165, 1.54) is 12.0 Å². The highest BCUT2D eigenvalue weighted by atomic mass is 35.5. The van der Waals surface area contributed by atoms with E-state index in [1.807, 2.05) is 23.1 Å². The Labute approximate surface area is 131 Å². The maximum absolute atomic E-state index is 12.2. The highest BCUT2D eigenvalue weighted by Crippen LogP contribution is 2.34. The average Bonchev–Trinajstić information content (AvgIpc) is 2.55. The Kier molecular flexibility index (Phi) is 4.45. The zero-order valence-electron chi connectivity index (χ0n) is 12.1. The van der Waals surface area contributed by atoms with E-state index in [1.54, 1.807) is 6.08 Å². The van der Waals surface area contributed by atoms with Crippen LogP contribution in [0.2, 0.25) is 0 Å². The summed E-state index contributed by atoms with van der Waals surface area (Å²) in [4.78, 5) is 14.1. The van der Waals surface area contributed by atoms with Crippen LogP contribution in [0.1, 0.15) is 36.8 Å². The van der Waals surface area contributed by atoms with Crippen molar-refractivity contribution >= 4 is 22.5 Å². The summed E-state index contributed by atoms with van der Waals surface area (Å²) in [5.74, 6) is 0.116. The van der Waals surface area contributed by atoms with E-state index in [2.05, 4.69) is 12.1 Å². The molecule has 1 saturated heterocycles. The number of piperidine rings is 1. The van der Waals surface area contributed by atoms with Crippen molar-refractivity contribution in [3.63, 3.8) is 0 Å². The Morgan fingerprint density at radius 1 is 1.10 bits per heavy atom. The number of likely N-dealkylation sites (tertiary alicyclic amines) is 1. The van der Waals surface area contributed by atoms with Crippen molar-refractivity contribution < 1.29 is 4.79 Å². The summed E-state index contributed by atoms with van der Waals surface area (Å²) in [5, 5.41) is 0.791. The van der Waals surface area contributed by atoms with E-state index in [0.717, 1.165) is 54.9 Å². The third-order valence-electron chi connectivity index (χ3n) is 4.29. The summed E-state index contributed by atoms with van der Waals surface area (Å²) < 4.78 is 0. The lowest BCUT2D eigenvalue weighted by molar-refractivity contribution is -0.126. The second-order valence-corrected chi connectivity index (χ2v) is 6.09. The summed E-state index contributed by atoms with van der Waals surface area (Å²) in [6.07, 6.45) is 8.98. The van der Waals surface area contributed by atoms with Crippen molar-refractivity contribution in [3.05, 3.63) is 53.1 Å². The normalized spacial score (nSPS) is 19.0. The largest absolute Gasteiger partial charge is 0.339 e. The van der Waals surface area contributed by atoms with Crippen LogP contribution in [0.5, 0.6) is 0 Å². The number of amides is 1. The number of rotatable bonds is 2. The first-order valence-corrected chi connectivity index (χ1v) is 8.07. The molecule has 1 aromatic carbocycles. The predicted octanol–water partition coefficient (Wildman–Crippen LogP) is 4.15. The molecule has 1 aliphatic carbocycles. The maximum Gasteiger partial charge on any atom is 0.246 e. The lowest BCUT2D eigenvalue weighted by Gasteiger charge is -2.25. The van der Waals surface area contributed by atoms with Crippen LogP contribution in [-0.4, -0.2) is 23.9 Å². The summed E-state index contributed by atoms with van der Waals surface area (Å²) in [7, 11) is 0. The number of hydrogen-bond donors (Lipinski definition) is 0. The minimum Gasteiger partial charge on any atom is -0.339 e. The van der Waals surface area contributed by atoms with E-state index in [-0.39, 0.29) is 5.91 Å². The van der Waals surface area contributed by atoms with Crippen molar-refractivity contribution in [2.45, 2.75) is 32.1 Å². The SMILES string of the molecule is O=C(/C=C/C1=C(Cl)c2ccccc2CC1)N1CCCCC1. The minimum atomic E-state index is 0.116. The molecular weight excluding hydrogens is 282 g/mol. The first kappa shape index (κ1) is 14.4. The Balaban J connectivity index is 1.75. The molecule has 21 heavy (non-hydrogen) atoms. The average molecular weight is 302 g/mol. The molecule has 0 aromatic heterocycles. The van der Waals surface area contributed by atoms with Crippen molar-refractivity contribution in [3.8, 4) is 0 Å². The van der Waals surface area contributed by atoms with Crippen molar-refractivity contribution in [1.29, 1.82) is 0 Å². The molecule has 0 N–H and O–H groups in total. The van der Waals surface area contributed by atoms with Gasteiger partial charge in [0.2, 0.25) is 5.91 Å². The molecule has 0 unspecified atom stereocenters. The molecular formula is C18H20ClNO. The van der Waals surface area contributed by atoms with E-state index in [0.29, 0.717) is 0 Å². The fourth-order valence-electron chi connectivity index (χ4n) is 3.05. The van der Waals surface area contributed by atoms with Crippen molar-refractivity contribution in [2.24, 2.45) is 0 Å². The van der Waals surface area contributed by atoms with E-state index in [9.17, 15) is 4.79 Å². The zero-order valence-corrected chi connectivity index (χ0v) is 12.9. The Morgan fingerprint density at radius 3 is 2.67 bits per heavy atom. The van der Waals surface area contributed by atoms with Gasteiger partial charge in [-0.3, -0.25) is 4.79 Å². The molecule has 0 atom stereocenters. The second-order valence-electron chi connectivity index (χ2n) is 5.72. The van der Waals surface area contributed by atoms with Crippen LogP contribution in [0.15, 0.2) is 42.0 Å². The van der Waals surface area contributed by atoms with Gasteiger partial charge in [-0.1, -0.05) is 41.9 Å². The number of nitrogens with zero attached hydrogens (tertiary/aromatic N) is 1. The molecule has 0 radical (unpaired) electrons. The first-order chi connectivity index (χ1) is 10.3. The smallest absolute Gasteiger partial charge is 0.246 e. The van der Waals surface area contributed by atoms with Crippen LogP contribution >= 0.6 is 11.6 Å². The van der Waals surface area contributed by atoms with Gasteiger partial charge in [-0.25, -0.2) is 0 Å². The molecule has 0 bridgehead atoms. The highest BCUT2D eigenvalue weighted by Gasteiger charge is 2.17. The summed E-state index contributed by atoms with van der Waals surface area (Å²) in [6.45, 7) is 1.78. The predicted molar refractivity (Wildman–Crippen MR) is 87.1 cm³/mol. The summed E-state index contributed by atoms with van der Waals surface area (Å²) in [5.41, 5.74) is 3.47. The maximum atomic E-state index is 12.2. The monoisotopic (exact) mass is 301 g/mol. The van der Waals surface area contributed by atoms with Crippen LogP contribution < -0.4 is 0 Å². The Hall–Kier alpha value is -1.54. The van der Waals surface area contributed by atoms with E-state index < -0.39 is 0 Å². The van der Waals surface area contributed by atoms with E-state index >= 15 is 0 Å². The number of carbonyl (C=O) groups excluding carboxylic acids is 1. The van der Waals surface area contributed by atoms with Gasteiger partial charge in [0.25, 0.3) is 0 Å². The number of hydrogen-bond acceptors (Lipinski definition) is 1. The Morgan fingerprint density at radius 2 is 1.86 bits per heavy atom. The molecule has 1 aliphatic heterocycles. The highest BCUT2D eigenvalue weighted by molar-refractivity contribution is 6.49. The molecule has 2 nitrogen and oxygen atoms in total. The summed E-state index contributed by atoms with van der Waals surface area (Å²) in [6, 6.07) is 8.23. The fraction of sp³-hybridized carbons (Fsp3) is 0.389. The number of halogens is 1. The van der Waals surface area contributed by atoms with Gasteiger partial charge < -0.3 is 4.90 Å². The molecule has 2 aliphatic rings. The van der Waals surface area contributed by atoms with Gasteiger partial charge in [-0.05, 0) is 48.8 Å². The molecule has 1 aromatic rings. The van der Waals surface area contributed by atoms with Crippen molar-refractivity contribution in [1.82, 2.24) is 4.90 Å². The van der Waals surface area contributed by atoms with Gasteiger partial charge in [0, 0.05) is 19.2 Å². The zero-order chi connectivity index (χ0) is 14.7. The van der Waals surface area contributed by atoms with Gasteiger partial charge in [-0.2, -0.15) is 0 Å². The van der Waals surface area contributed by atoms with Gasteiger partial charge in [0.15, 0.2) is 0 Å². The van der Waals surface area contributed by atoms with Crippen LogP contribution in [-0.2, 0) is 11.2 Å². The van der Waals surface area contributed by atoms with Crippen LogP contribution in [0.3, 0.4) is 0 Å². The molecule has 0 saturated carbocycles. The number of aryl methyl sites for hydroxylation is 1. The molecule has 1 amide bonds. The van der Waals surface area contributed by atoms with Gasteiger partial charge in [0.05, 0.1) is 5.03 Å². The standard InChI is InChI=1S/C18H20ClNO/c19-18-15(9-8-14-6-2-3-7-16(14)18)10-11-17(21)20-12-4-1-5-13-20/h2-3,6-7,10-11H,1,4-5,8-9,12-13H2/b11-10+. The third kappa shape index (κ3) is 3.21. The minimum absolute atomic E-state index is 0.116. The van der Waals surface area contributed by atoms with E-state index in [4.69, 9.17) is 11.6 Å². The fourth-order valence-corrected chi connectivity index (χ4v) is 3.39. The molecule has 0 spiro atoms. The van der Waals surface area contributed by atoms with Crippen LogP contribution in [0.25, 0.3) is 5.03 Å². The van der Waals surface area contributed by atoms with Crippen LogP contribution in [0, 0.1) is 0 Å². The number of allylic oxidation sites excluding steroid dienone is 2. The number of carbonyl (C=O) groups is 1. The van der Waals surface area contributed by atoms with Crippen LogP contribution in [0.4, 0.5) is 0 Å². The quantitative estimate of drug-likeness (QED) is 0.751. The molecule has 110 valence electrons. The molecule has 3 heteroatoms. The summed E-state index contributed by atoms with van der Waals surface area (Å²) >= 11 is 6.49.